The van der Waals surface area contributed by atoms with Crippen molar-refractivity contribution in [1.82, 2.24) is 9.97 Å². The minimum Gasteiger partial charge on any atom is -0.481 e. The molecule has 0 aliphatic rings. The Labute approximate surface area is 136 Å². The maximum atomic E-state index is 12.5. The van der Waals surface area contributed by atoms with Crippen LogP contribution in [-0.2, 0) is 0 Å². The van der Waals surface area contributed by atoms with Crippen molar-refractivity contribution in [2.45, 2.75) is 38.9 Å². The third-order valence-corrected chi connectivity index (χ3v) is 11.9. The monoisotopic (exact) mass is 334 g/mol. The normalized spacial score (nSPS) is 12.3. The van der Waals surface area contributed by atoms with Gasteiger partial charge in [-0.2, -0.15) is 0 Å². The molecule has 4 nitrogen and oxygen atoms in total. The van der Waals surface area contributed by atoms with Crippen molar-refractivity contribution < 1.29 is 9.53 Å². The van der Waals surface area contributed by atoms with E-state index in [0.717, 1.165) is 4.63 Å². The first kappa shape index (κ1) is 16.8. The van der Waals surface area contributed by atoms with E-state index in [0.29, 0.717) is 16.3 Å². The molecule has 6 heteroatoms. The molecular formula is C16H22N2O2SSi. The Balaban J connectivity index is 2.29. The van der Waals surface area contributed by atoms with Crippen molar-refractivity contribution >= 4 is 29.8 Å². The Morgan fingerprint density at radius 1 is 1.18 bits per heavy atom. The molecule has 0 unspecified atom stereocenters. The molecule has 0 spiro atoms. The van der Waals surface area contributed by atoms with Gasteiger partial charge in [0.15, 0.2) is 0 Å². The summed E-state index contributed by atoms with van der Waals surface area (Å²) in [6, 6.07) is 3.43. The minimum absolute atomic E-state index is 0.0300. The Bertz CT molecular complexity index is 672. The lowest BCUT2D eigenvalue weighted by Gasteiger charge is -2.34. The molecule has 0 bridgehead atoms. The zero-order valence-corrected chi connectivity index (χ0v) is 15.7. The lowest BCUT2D eigenvalue weighted by molar-refractivity contribution is 0.104. The second-order valence-electron chi connectivity index (χ2n) is 6.82. The predicted octanol–water partition coefficient (Wildman–Crippen LogP) is 3.49. The van der Waals surface area contributed by atoms with Gasteiger partial charge in [-0.25, -0.2) is 4.98 Å². The van der Waals surface area contributed by atoms with E-state index < -0.39 is 8.07 Å². The van der Waals surface area contributed by atoms with E-state index >= 15 is 0 Å². The van der Waals surface area contributed by atoms with Gasteiger partial charge in [-0.3, -0.25) is 9.78 Å². The van der Waals surface area contributed by atoms with E-state index in [2.05, 4.69) is 43.8 Å². The third-order valence-electron chi connectivity index (χ3n) is 4.35. The van der Waals surface area contributed by atoms with Crippen molar-refractivity contribution in [3.63, 3.8) is 0 Å². The maximum absolute atomic E-state index is 12.5. The summed E-state index contributed by atoms with van der Waals surface area (Å²) in [5.41, 5.74) is 0.561. The number of pyridine rings is 1. The zero-order chi connectivity index (χ0) is 16.5. The molecule has 22 heavy (non-hydrogen) atoms. The van der Waals surface area contributed by atoms with Crippen LogP contribution < -0.4 is 9.37 Å². The number of hydrogen-bond acceptors (Lipinski definition) is 5. The van der Waals surface area contributed by atoms with Gasteiger partial charge in [-0.15, -0.1) is 11.3 Å². The molecule has 0 atom stereocenters. The van der Waals surface area contributed by atoms with E-state index in [1.165, 1.54) is 11.3 Å². The number of ketones is 1. The van der Waals surface area contributed by atoms with Crippen LogP contribution in [0.2, 0.25) is 18.1 Å². The number of carbonyl (C=O) groups is 1. The molecule has 0 aliphatic carbocycles. The molecule has 118 valence electrons. The van der Waals surface area contributed by atoms with Crippen LogP contribution in [0.4, 0.5) is 0 Å². The van der Waals surface area contributed by atoms with E-state index in [4.69, 9.17) is 4.74 Å². The number of carbonyl (C=O) groups excluding carboxylic acids is 1. The number of thiazole rings is 1. The summed E-state index contributed by atoms with van der Waals surface area (Å²) in [4.78, 5) is 21.9. The third kappa shape index (κ3) is 3.12. The quantitative estimate of drug-likeness (QED) is 0.634. The Morgan fingerprint density at radius 3 is 2.36 bits per heavy atom. The Kier molecular flexibility index (Phi) is 4.53. The summed E-state index contributed by atoms with van der Waals surface area (Å²) in [6.45, 7) is 11.3. The molecule has 2 aromatic rings. The van der Waals surface area contributed by atoms with Crippen LogP contribution in [0.15, 0.2) is 24.5 Å². The smallest absolute Gasteiger partial charge is 0.212 e. The van der Waals surface area contributed by atoms with Crippen LogP contribution in [0.5, 0.6) is 5.88 Å². The predicted molar refractivity (Wildman–Crippen MR) is 93.2 cm³/mol. The number of rotatable bonds is 4. The van der Waals surface area contributed by atoms with Crippen LogP contribution in [0.1, 0.15) is 36.0 Å². The molecular weight excluding hydrogens is 312 g/mol. The van der Waals surface area contributed by atoms with Crippen molar-refractivity contribution in [1.29, 1.82) is 0 Å². The average Bonchev–Trinajstić information content (AvgIpc) is 2.96. The standard InChI is InChI=1S/C16H22N2O2SSi/c1-16(2,3)22(5,6)15-18-10-12(21-15)14(19)11-7-8-13(20-4)17-9-11/h7-10H,1-6H3. The maximum Gasteiger partial charge on any atom is 0.212 e. The second-order valence-corrected chi connectivity index (χ2v) is 13.4. The van der Waals surface area contributed by atoms with Crippen LogP contribution in [0, 0.1) is 0 Å². The number of hydrogen-bond donors (Lipinski definition) is 0. The van der Waals surface area contributed by atoms with Gasteiger partial charge in [0, 0.05) is 24.0 Å². The Hall–Kier alpha value is -1.53. The van der Waals surface area contributed by atoms with E-state index in [-0.39, 0.29) is 10.8 Å². The zero-order valence-electron chi connectivity index (χ0n) is 13.9. The molecule has 2 heterocycles. The minimum atomic E-state index is -1.70. The van der Waals surface area contributed by atoms with Crippen molar-refractivity contribution in [3.05, 3.63) is 35.0 Å². The van der Waals surface area contributed by atoms with Crippen LogP contribution in [-0.4, -0.2) is 30.9 Å². The fraction of sp³-hybridized carbons (Fsp3) is 0.438. The SMILES string of the molecule is COc1ccc(C(=O)c2cnc([Si](C)(C)C(C)(C)C)s2)cn1. The molecule has 2 aromatic heterocycles. The summed E-state index contributed by atoms with van der Waals surface area (Å²) in [7, 11) is -0.148. The highest BCUT2D eigenvalue weighted by Gasteiger charge is 2.39. The van der Waals surface area contributed by atoms with Gasteiger partial charge < -0.3 is 4.74 Å². The molecule has 0 N–H and O–H groups in total. The topological polar surface area (TPSA) is 52.1 Å². The molecule has 2 rings (SSSR count). The van der Waals surface area contributed by atoms with Gasteiger partial charge in [0.1, 0.15) is 8.07 Å². The summed E-state index contributed by atoms with van der Waals surface area (Å²) < 4.78 is 6.13. The number of nitrogens with zero attached hydrogens (tertiary/aromatic N) is 2. The van der Waals surface area contributed by atoms with Crippen LogP contribution in [0.3, 0.4) is 0 Å². The van der Waals surface area contributed by atoms with Gasteiger partial charge in [0.2, 0.25) is 11.7 Å². The summed E-state index contributed by atoms with van der Waals surface area (Å²) >= 11 is 1.52. The first-order valence-corrected chi connectivity index (χ1v) is 11.0. The first-order chi connectivity index (χ1) is 10.2. The number of ether oxygens (including phenoxy) is 1. The van der Waals surface area contributed by atoms with Crippen LogP contribution >= 0.6 is 11.3 Å². The highest BCUT2D eigenvalue weighted by molar-refractivity contribution is 7.27. The van der Waals surface area contributed by atoms with Crippen molar-refractivity contribution in [3.8, 4) is 5.88 Å². The largest absolute Gasteiger partial charge is 0.481 e. The molecule has 0 fully saturated rings. The van der Waals surface area contributed by atoms with Gasteiger partial charge in [-0.1, -0.05) is 33.9 Å². The lowest BCUT2D eigenvalue weighted by Crippen LogP contribution is -2.49. The number of methoxy groups -OCH3 is 1. The first-order valence-electron chi connectivity index (χ1n) is 7.18. The molecule has 0 amide bonds. The van der Waals surface area contributed by atoms with Gasteiger partial charge in [0.05, 0.1) is 16.6 Å². The summed E-state index contributed by atoms with van der Waals surface area (Å²) in [5.74, 6) is 0.473. The Morgan fingerprint density at radius 2 is 1.86 bits per heavy atom. The summed E-state index contributed by atoms with van der Waals surface area (Å²) in [5, 5.41) is 0.201. The van der Waals surface area contributed by atoms with Gasteiger partial charge in [0.25, 0.3) is 0 Å². The molecule has 0 radical (unpaired) electrons. The van der Waals surface area contributed by atoms with Crippen LogP contribution in [0.25, 0.3) is 0 Å². The van der Waals surface area contributed by atoms with Gasteiger partial charge in [-0.05, 0) is 11.1 Å². The second kappa shape index (κ2) is 5.93. The highest BCUT2D eigenvalue weighted by atomic mass is 32.1. The summed E-state index contributed by atoms with van der Waals surface area (Å²) in [6.07, 6.45) is 3.25. The molecule has 0 saturated heterocycles. The molecule has 0 saturated carbocycles. The van der Waals surface area contributed by atoms with Crippen molar-refractivity contribution in [2.24, 2.45) is 0 Å². The van der Waals surface area contributed by atoms with E-state index in [9.17, 15) is 4.79 Å². The van der Waals surface area contributed by atoms with E-state index in [1.807, 2.05) is 0 Å². The highest BCUT2D eigenvalue weighted by Crippen LogP contribution is 2.36. The molecule has 0 aliphatic heterocycles. The van der Waals surface area contributed by atoms with Crippen molar-refractivity contribution in [2.75, 3.05) is 7.11 Å². The average molecular weight is 335 g/mol. The van der Waals surface area contributed by atoms with Gasteiger partial charge >= 0.3 is 0 Å². The fourth-order valence-electron chi connectivity index (χ4n) is 1.77. The number of aromatic nitrogens is 2. The van der Waals surface area contributed by atoms with E-state index in [1.54, 1.807) is 31.6 Å². The fourth-order valence-corrected chi connectivity index (χ4v) is 5.69. The molecule has 0 aromatic carbocycles. The lowest BCUT2D eigenvalue weighted by atomic mass is 10.2.